The van der Waals surface area contributed by atoms with E-state index in [9.17, 15) is 9.90 Å². The molecule has 1 unspecified atom stereocenters. The van der Waals surface area contributed by atoms with Gasteiger partial charge in [0.15, 0.2) is 6.54 Å². The van der Waals surface area contributed by atoms with E-state index in [0.29, 0.717) is 13.1 Å². The van der Waals surface area contributed by atoms with Crippen LogP contribution in [0.5, 0.6) is 0 Å². The van der Waals surface area contributed by atoms with E-state index in [-0.39, 0.29) is 24.0 Å². The highest BCUT2D eigenvalue weighted by molar-refractivity contribution is 5.77. The fourth-order valence-electron chi connectivity index (χ4n) is 2.94. The monoisotopic (exact) mass is 277 g/mol. The van der Waals surface area contributed by atoms with Gasteiger partial charge in [-0.2, -0.15) is 0 Å². The van der Waals surface area contributed by atoms with Crippen molar-refractivity contribution in [3.8, 4) is 0 Å². The quantitative estimate of drug-likeness (QED) is 0.722. The number of carbonyl (C=O) groups excluding carboxylic acids is 1. The summed E-state index contributed by atoms with van der Waals surface area (Å²) in [6.45, 7) is 5.96. The number of hydrogen-bond donors (Lipinski definition) is 3. The van der Waals surface area contributed by atoms with Crippen molar-refractivity contribution >= 4 is 5.91 Å². The zero-order valence-corrected chi connectivity index (χ0v) is 12.3. The van der Waals surface area contributed by atoms with Crippen molar-refractivity contribution in [3.63, 3.8) is 0 Å². The summed E-state index contributed by atoms with van der Waals surface area (Å²) >= 11 is 0. The molecule has 1 aromatic carbocycles. The molecule has 4 nitrogen and oxygen atoms in total. The molecule has 3 atom stereocenters. The summed E-state index contributed by atoms with van der Waals surface area (Å²) in [4.78, 5) is 12.9. The van der Waals surface area contributed by atoms with Gasteiger partial charge in [-0.3, -0.25) is 4.79 Å². The average Bonchev–Trinajstić information content (AvgIpc) is 2.38. The molecule has 0 saturated carbocycles. The van der Waals surface area contributed by atoms with Crippen molar-refractivity contribution in [3.05, 3.63) is 35.9 Å². The smallest absolute Gasteiger partial charge is 0.275 e. The first kappa shape index (κ1) is 15.0. The molecule has 1 amide bonds. The summed E-state index contributed by atoms with van der Waals surface area (Å²) in [5.74, 6) is 0.272. The summed E-state index contributed by atoms with van der Waals surface area (Å²) in [6, 6.07) is 10.3. The predicted molar refractivity (Wildman–Crippen MR) is 78.6 cm³/mol. The Morgan fingerprint density at radius 1 is 1.40 bits per heavy atom. The molecule has 1 aromatic rings. The molecule has 0 bridgehead atoms. The van der Waals surface area contributed by atoms with E-state index in [4.69, 9.17) is 0 Å². The molecule has 1 aliphatic rings. The van der Waals surface area contributed by atoms with Gasteiger partial charge in [0.25, 0.3) is 5.91 Å². The van der Waals surface area contributed by atoms with Crippen molar-refractivity contribution in [2.75, 3.05) is 19.6 Å². The molecule has 3 N–H and O–H groups in total. The number of rotatable bonds is 4. The second-order valence-corrected chi connectivity index (χ2v) is 5.98. The summed E-state index contributed by atoms with van der Waals surface area (Å²) in [5.41, 5.74) is 1.20. The fourth-order valence-corrected chi connectivity index (χ4v) is 2.94. The fraction of sp³-hybridized carbons (Fsp3) is 0.562. The van der Waals surface area contributed by atoms with E-state index < -0.39 is 0 Å². The van der Waals surface area contributed by atoms with Crippen molar-refractivity contribution in [1.29, 1.82) is 0 Å². The molecule has 1 saturated heterocycles. The zero-order chi connectivity index (χ0) is 14.5. The third-order valence-electron chi connectivity index (χ3n) is 3.86. The van der Waals surface area contributed by atoms with Gasteiger partial charge in [0.05, 0.1) is 6.54 Å². The second kappa shape index (κ2) is 6.86. The number of nitrogens with one attached hydrogen (secondary N) is 2. The average molecular weight is 277 g/mol. The Bertz CT molecular complexity index is 433. The van der Waals surface area contributed by atoms with E-state index >= 15 is 0 Å². The Balaban J connectivity index is 1.88. The molecule has 1 fully saturated rings. The van der Waals surface area contributed by atoms with Crippen LogP contribution in [0, 0.1) is 0 Å². The summed E-state index contributed by atoms with van der Waals surface area (Å²) in [5, 5.41) is 13.2. The SMILES string of the molecule is CC(C)NC(=O)C[NH+]1CC[C@@H](c2ccccc2)[C@H](O)C1. The Morgan fingerprint density at radius 3 is 2.70 bits per heavy atom. The van der Waals surface area contributed by atoms with E-state index in [1.807, 2.05) is 32.0 Å². The predicted octanol–water partition coefficient (Wildman–Crippen LogP) is -0.0557. The number of aliphatic hydroxyl groups excluding tert-OH is 1. The lowest BCUT2D eigenvalue weighted by molar-refractivity contribution is -0.901. The van der Waals surface area contributed by atoms with E-state index in [0.717, 1.165) is 13.0 Å². The van der Waals surface area contributed by atoms with Crippen LogP contribution in [0.15, 0.2) is 30.3 Å². The molecule has 20 heavy (non-hydrogen) atoms. The molecular weight excluding hydrogens is 252 g/mol. The lowest BCUT2D eigenvalue weighted by Gasteiger charge is -2.33. The van der Waals surface area contributed by atoms with Gasteiger partial charge in [-0.25, -0.2) is 0 Å². The molecule has 0 aromatic heterocycles. The van der Waals surface area contributed by atoms with Crippen LogP contribution < -0.4 is 10.2 Å². The maximum Gasteiger partial charge on any atom is 0.275 e. The Labute approximate surface area is 120 Å². The lowest BCUT2D eigenvalue weighted by Crippen LogP contribution is -3.15. The van der Waals surface area contributed by atoms with Crippen molar-refractivity contribution < 1.29 is 14.8 Å². The minimum atomic E-state index is -0.368. The Morgan fingerprint density at radius 2 is 2.10 bits per heavy atom. The lowest BCUT2D eigenvalue weighted by atomic mass is 9.87. The molecule has 1 heterocycles. The topological polar surface area (TPSA) is 53.8 Å². The first-order valence-electron chi connectivity index (χ1n) is 7.42. The summed E-state index contributed by atoms with van der Waals surface area (Å²) in [6.07, 6.45) is 0.558. The van der Waals surface area contributed by atoms with Gasteiger partial charge in [-0.15, -0.1) is 0 Å². The van der Waals surface area contributed by atoms with Crippen molar-refractivity contribution in [1.82, 2.24) is 5.32 Å². The highest BCUT2D eigenvalue weighted by Crippen LogP contribution is 2.23. The maximum absolute atomic E-state index is 11.8. The van der Waals surface area contributed by atoms with Crippen LogP contribution in [0.1, 0.15) is 31.7 Å². The maximum atomic E-state index is 11.8. The Kier molecular flexibility index (Phi) is 5.15. The standard InChI is InChI=1S/C16H24N2O2/c1-12(2)17-16(20)11-18-9-8-14(15(19)10-18)13-6-4-3-5-7-13/h3-7,12,14-15,19H,8-11H2,1-2H3,(H,17,20)/p+1/t14-,15+/m0/s1. The third kappa shape index (κ3) is 4.05. The van der Waals surface area contributed by atoms with Crippen molar-refractivity contribution in [2.24, 2.45) is 0 Å². The second-order valence-electron chi connectivity index (χ2n) is 5.98. The molecule has 0 aliphatic carbocycles. The van der Waals surface area contributed by atoms with Gasteiger partial charge in [0.1, 0.15) is 12.6 Å². The molecule has 110 valence electrons. The van der Waals surface area contributed by atoms with Crippen LogP contribution in [-0.4, -0.2) is 42.8 Å². The van der Waals surface area contributed by atoms with E-state index in [1.165, 1.54) is 10.5 Å². The number of benzene rings is 1. The molecule has 2 rings (SSSR count). The molecule has 0 spiro atoms. The van der Waals surface area contributed by atoms with Gasteiger partial charge in [-0.05, 0) is 19.4 Å². The van der Waals surface area contributed by atoms with Crippen LogP contribution >= 0.6 is 0 Å². The largest absolute Gasteiger partial charge is 0.387 e. The molecule has 1 aliphatic heterocycles. The van der Waals surface area contributed by atoms with Gasteiger partial charge < -0.3 is 15.3 Å². The number of carbonyl (C=O) groups is 1. The first-order chi connectivity index (χ1) is 9.56. The number of hydrogen-bond acceptors (Lipinski definition) is 2. The Hall–Kier alpha value is -1.39. The highest BCUT2D eigenvalue weighted by atomic mass is 16.3. The minimum absolute atomic E-state index is 0.0698. The minimum Gasteiger partial charge on any atom is -0.387 e. The first-order valence-corrected chi connectivity index (χ1v) is 7.42. The molecule has 0 radical (unpaired) electrons. The van der Waals surface area contributed by atoms with E-state index in [1.54, 1.807) is 0 Å². The summed E-state index contributed by atoms with van der Waals surface area (Å²) in [7, 11) is 0. The third-order valence-corrected chi connectivity index (χ3v) is 3.86. The number of likely N-dealkylation sites (tertiary alicyclic amines) is 1. The van der Waals surface area contributed by atoms with Gasteiger partial charge in [-0.1, -0.05) is 30.3 Å². The van der Waals surface area contributed by atoms with Crippen molar-refractivity contribution in [2.45, 2.75) is 38.3 Å². The van der Waals surface area contributed by atoms with Gasteiger partial charge in [0.2, 0.25) is 0 Å². The number of aliphatic hydroxyl groups is 1. The van der Waals surface area contributed by atoms with Gasteiger partial charge in [0, 0.05) is 18.4 Å². The number of piperidine rings is 1. The summed E-state index contributed by atoms with van der Waals surface area (Å²) < 4.78 is 0. The van der Waals surface area contributed by atoms with Crippen LogP contribution in [0.2, 0.25) is 0 Å². The molecule has 4 heteroatoms. The zero-order valence-electron chi connectivity index (χ0n) is 12.3. The van der Waals surface area contributed by atoms with E-state index in [2.05, 4.69) is 17.4 Å². The highest BCUT2D eigenvalue weighted by Gasteiger charge is 2.32. The normalized spacial score (nSPS) is 26.5. The van der Waals surface area contributed by atoms with Gasteiger partial charge >= 0.3 is 0 Å². The van der Waals surface area contributed by atoms with Crippen LogP contribution in [0.25, 0.3) is 0 Å². The number of quaternary nitrogens is 1. The number of amides is 1. The van der Waals surface area contributed by atoms with Crippen LogP contribution in [0.3, 0.4) is 0 Å². The molecular formula is C16H25N2O2+. The van der Waals surface area contributed by atoms with Crippen LogP contribution in [0.4, 0.5) is 0 Å². The van der Waals surface area contributed by atoms with Crippen LogP contribution in [-0.2, 0) is 4.79 Å².